The number of urea groups is 1. The molecule has 0 aliphatic carbocycles. The molecular formula is C20H16ClF2N5O2. The normalized spacial score (nSPS) is 13.1. The highest BCUT2D eigenvalue weighted by Crippen LogP contribution is 2.30. The van der Waals surface area contributed by atoms with Gasteiger partial charge in [0.15, 0.2) is 11.6 Å². The summed E-state index contributed by atoms with van der Waals surface area (Å²) in [6.45, 7) is 0.708. The van der Waals surface area contributed by atoms with Crippen molar-refractivity contribution in [2.24, 2.45) is 5.73 Å². The first kappa shape index (κ1) is 19.8. The lowest BCUT2D eigenvalue weighted by molar-refractivity contribution is 0.0997. The summed E-state index contributed by atoms with van der Waals surface area (Å²) in [6, 6.07) is 9.45. The Morgan fingerprint density at radius 2 is 1.90 bits per heavy atom. The number of primary amides is 1. The van der Waals surface area contributed by atoms with Gasteiger partial charge in [0.05, 0.1) is 24.3 Å². The molecule has 154 valence electrons. The number of nitrogens with one attached hydrogen (secondary N) is 1. The number of halogens is 3. The number of benzene rings is 2. The molecule has 2 heterocycles. The van der Waals surface area contributed by atoms with Gasteiger partial charge in [-0.05, 0) is 24.3 Å². The largest absolute Gasteiger partial charge is 0.365 e. The van der Waals surface area contributed by atoms with Crippen LogP contribution in [-0.4, -0.2) is 33.2 Å². The lowest BCUT2D eigenvalue weighted by Crippen LogP contribution is -2.41. The number of hydrogen-bond donors (Lipinski definition) is 2. The first-order chi connectivity index (χ1) is 14.3. The monoisotopic (exact) mass is 431 g/mol. The van der Waals surface area contributed by atoms with Crippen LogP contribution in [0.25, 0.3) is 11.3 Å². The average molecular weight is 432 g/mol. The number of fused-ring (bicyclic) bond motifs is 1. The van der Waals surface area contributed by atoms with Crippen molar-refractivity contribution in [1.29, 1.82) is 0 Å². The van der Waals surface area contributed by atoms with E-state index < -0.39 is 23.6 Å². The number of aromatic nitrogens is 2. The van der Waals surface area contributed by atoms with E-state index in [2.05, 4.69) is 10.4 Å². The zero-order valence-corrected chi connectivity index (χ0v) is 16.3. The summed E-state index contributed by atoms with van der Waals surface area (Å²) >= 11 is 6.05. The summed E-state index contributed by atoms with van der Waals surface area (Å²) in [5.74, 6) is -2.74. The zero-order valence-electron chi connectivity index (χ0n) is 15.5. The van der Waals surface area contributed by atoms with Gasteiger partial charge in [-0.25, -0.2) is 13.6 Å². The van der Waals surface area contributed by atoms with Crippen molar-refractivity contribution < 1.29 is 18.4 Å². The average Bonchev–Trinajstić information content (AvgIpc) is 3.10. The molecule has 4 rings (SSSR count). The van der Waals surface area contributed by atoms with Gasteiger partial charge in [0.2, 0.25) is 0 Å². The second-order valence-electron chi connectivity index (χ2n) is 6.75. The molecule has 0 atom stereocenters. The van der Waals surface area contributed by atoms with Gasteiger partial charge in [-0.3, -0.25) is 9.48 Å². The van der Waals surface area contributed by atoms with Gasteiger partial charge >= 0.3 is 6.03 Å². The zero-order chi connectivity index (χ0) is 21.4. The predicted octanol–water partition coefficient (Wildman–Crippen LogP) is 3.63. The van der Waals surface area contributed by atoms with Gasteiger partial charge in [-0.1, -0.05) is 23.7 Å². The van der Waals surface area contributed by atoms with Crippen molar-refractivity contribution in [2.75, 3.05) is 11.9 Å². The molecule has 7 nitrogen and oxygen atoms in total. The third kappa shape index (κ3) is 3.71. The first-order valence-electron chi connectivity index (χ1n) is 9.00. The maximum Gasteiger partial charge on any atom is 0.322 e. The summed E-state index contributed by atoms with van der Waals surface area (Å²) < 4.78 is 28.1. The molecule has 3 N–H and O–H groups in total. The molecule has 1 aliphatic heterocycles. The Labute approximate surface area is 175 Å². The second kappa shape index (κ2) is 7.75. The molecule has 0 fully saturated rings. The van der Waals surface area contributed by atoms with Crippen molar-refractivity contribution in [2.45, 2.75) is 13.1 Å². The number of amides is 3. The highest BCUT2D eigenvalue weighted by Gasteiger charge is 2.29. The van der Waals surface area contributed by atoms with Gasteiger partial charge in [0.25, 0.3) is 5.91 Å². The van der Waals surface area contributed by atoms with Gasteiger partial charge in [-0.2, -0.15) is 5.10 Å². The smallest absolute Gasteiger partial charge is 0.322 e. The van der Waals surface area contributed by atoms with Gasteiger partial charge < -0.3 is 16.0 Å². The van der Waals surface area contributed by atoms with Crippen molar-refractivity contribution >= 4 is 29.2 Å². The molecule has 30 heavy (non-hydrogen) atoms. The van der Waals surface area contributed by atoms with E-state index >= 15 is 0 Å². The molecule has 0 spiro atoms. The second-order valence-corrected chi connectivity index (χ2v) is 7.19. The first-order valence-corrected chi connectivity index (χ1v) is 9.37. The lowest BCUT2D eigenvalue weighted by Gasteiger charge is -2.28. The van der Waals surface area contributed by atoms with E-state index in [0.717, 1.165) is 12.1 Å². The summed E-state index contributed by atoms with van der Waals surface area (Å²) in [5, 5.41) is 7.50. The van der Waals surface area contributed by atoms with E-state index in [1.54, 1.807) is 28.9 Å². The molecule has 0 unspecified atom stereocenters. The van der Waals surface area contributed by atoms with Crippen LogP contribution in [-0.2, 0) is 13.1 Å². The van der Waals surface area contributed by atoms with Gasteiger partial charge in [0.1, 0.15) is 5.69 Å². The summed E-state index contributed by atoms with van der Waals surface area (Å²) in [4.78, 5) is 26.2. The molecule has 3 aromatic rings. The Kier molecular flexibility index (Phi) is 5.13. The maximum atomic E-state index is 13.4. The summed E-state index contributed by atoms with van der Waals surface area (Å²) in [6.07, 6.45) is 0. The number of carbonyl (C=O) groups excluding carboxylic acids is 2. The number of carbonyl (C=O) groups is 2. The molecule has 2 aromatic carbocycles. The molecule has 0 bridgehead atoms. The molecule has 0 saturated carbocycles. The Balaban J connectivity index is 1.62. The van der Waals surface area contributed by atoms with E-state index in [4.69, 9.17) is 17.3 Å². The minimum atomic E-state index is -1.06. The quantitative estimate of drug-likeness (QED) is 0.663. The van der Waals surface area contributed by atoms with Crippen LogP contribution in [0.1, 0.15) is 16.1 Å². The predicted molar refractivity (Wildman–Crippen MR) is 107 cm³/mol. The van der Waals surface area contributed by atoms with Crippen LogP contribution in [0.2, 0.25) is 5.02 Å². The fraction of sp³-hybridized carbons (Fsp3) is 0.150. The third-order valence-corrected chi connectivity index (χ3v) is 5.02. The van der Waals surface area contributed by atoms with E-state index in [0.29, 0.717) is 35.1 Å². The Morgan fingerprint density at radius 3 is 2.60 bits per heavy atom. The Morgan fingerprint density at radius 1 is 1.10 bits per heavy atom. The minimum Gasteiger partial charge on any atom is -0.365 e. The lowest BCUT2D eigenvalue weighted by atomic mass is 10.0. The topological polar surface area (TPSA) is 93.2 Å². The third-order valence-electron chi connectivity index (χ3n) is 4.78. The SMILES string of the molecule is NC(=O)c1c(-c2cccc(Cl)c2)nn2c1CN(C(=O)Nc1ccc(F)c(F)c1)CC2. The van der Waals surface area contributed by atoms with Crippen LogP contribution in [0.15, 0.2) is 42.5 Å². The summed E-state index contributed by atoms with van der Waals surface area (Å²) in [7, 11) is 0. The fourth-order valence-corrected chi connectivity index (χ4v) is 3.55. The Hall–Kier alpha value is -3.46. The van der Waals surface area contributed by atoms with Crippen molar-refractivity contribution in [1.82, 2.24) is 14.7 Å². The van der Waals surface area contributed by atoms with E-state index in [1.807, 2.05) is 0 Å². The molecule has 0 saturated heterocycles. The molecule has 1 aromatic heterocycles. The van der Waals surface area contributed by atoms with Crippen molar-refractivity contribution in [3.8, 4) is 11.3 Å². The number of hydrogen-bond acceptors (Lipinski definition) is 3. The van der Waals surface area contributed by atoms with E-state index in [9.17, 15) is 18.4 Å². The molecule has 10 heteroatoms. The molecular weight excluding hydrogens is 416 g/mol. The van der Waals surface area contributed by atoms with Crippen LogP contribution in [0, 0.1) is 11.6 Å². The van der Waals surface area contributed by atoms with Crippen LogP contribution in [0.3, 0.4) is 0 Å². The Bertz CT molecular complexity index is 1160. The number of nitrogens with two attached hydrogens (primary N) is 1. The van der Waals surface area contributed by atoms with Crippen LogP contribution >= 0.6 is 11.6 Å². The maximum absolute atomic E-state index is 13.4. The van der Waals surface area contributed by atoms with Crippen LogP contribution < -0.4 is 11.1 Å². The number of rotatable bonds is 3. The summed E-state index contributed by atoms with van der Waals surface area (Å²) in [5.41, 5.74) is 7.46. The highest BCUT2D eigenvalue weighted by molar-refractivity contribution is 6.30. The molecule has 0 radical (unpaired) electrons. The standard InChI is InChI=1S/C20H16ClF2N5O2/c21-12-3-1-2-11(8-12)18-17(19(24)29)16-10-27(6-7-28(16)26-18)20(30)25-13-4-5-14(22)15(23)9-13/h1-5,8-9H,6-7,10H2,(H2,24,29)(H,25,30). The van der Waals surface area contributed by atoms with Gasteiger partial charge in [0, 0.05) is 28.9 Å². The van der Waals surface area contributed by atoms with E-state index in [1.165, 1.54) is 11.0 Å². The minimum absolute atomic E-state index is 0.0708. The van der Waals surface area contributed by atoms with Crippen molar-refractivity contribution in [3.63, 3.8) is 0 Å². The highest BCUT2D eigenvalue weighted by atomic mass is 35.5. The number of nitrogens with zero attached hydrogens (tertiary/aromatic N) is 3. The van der Waals surface area contributed by atoms with Crippen molar-refractivity contribution in [3.05, 3.63) is 70.4 Å². The fourth-order valence-electron chi connectivity index (χ4n) is 3.36. The van der Waals surface area contributed by atoms with Crippen LogP contribution in [0.4, 0.5) is 19.3 Å². The molecule has 3 amide bonds. The van der Waals surface area contributed by atoms with Gasteiger partial charge in [-0.15, -0.1) is 0 Å². The van der Waals surface area contributed by atoms with E-state index in [-0.39, 0.29) is 17.8 Å². The molecule has 1 aliphatic rings. The number of anilines is 1. The van der Waals surface area contributed by atoms with Crippen LogP contribution in [0.5, 0.6) is 0 Å².